The minimum Gasteiger partial charge on any atom is -0.380 e. The minimum atomic E-state index is -3.54. The molecule has 0 aliphatic rings. The monoisotopic (exact) mass is 546 g/mol. The van der Waals surface area contributed by atoms with Gasteiger partial charge in [-0.3, -0.25) is 4.79 Å². The van der Waals surface area contributed by atoms with Gasteiger partial charge >= 0.3 is 0 Å². The lowest BCUT2D eigenvalue weighted by molar-refractivity contribution is -0.125. The zero-order chi connectivity index (χ0) is 16.6. The first-order valence-electron chi connectivity index (χ1n) is 6.82. The van der Waals surface area contributed by atoms with E-state index in [-0.39, 0.29) is 11.7 Å². The van der Waals surface area contributed by atoms with Crippen molar-refractivity contribution >= 4 is 61.7 Å². The molecule has 126 valence electrons. The van der Waals surface area contributed by atoms with Gasteiger partial charge in [0.2, 0.25) is 15.9 Å². The number of hydrogen-bond donors (Lipinski definition) is 0. The predicted molar refractivity (Wildman–Crippen MR) is 101 cm³/mol. The average Bonchev–Trinajstić information content (AvgIpc) is 2.40. The average molecular weight is 546 g/mol. The first-order valence-corrected chi connectivity index (χ1v) is 10.4. The molecule has 0 aromatic carbocycles. The predicted octanol–water partition coefficient (Wildman–Crippen LogP) is 2.62. The Morgan fingerprint density at radius 2 is 1.71 bits per heavy atom. The van der Waals surface area contributed by atoms with Crippen LogP contribution in [0.25, 0.3) is 0 Å². The Morgan fingerprint density at radius 3 is 2.19 bits per heavy atom. The molecule has 0 aromatic heterocycles. The molecule has 0 aromatic rings. The van der Waals surface area contributed by atoms with Gasteiger partial charge in [-0.15, -0.1) is 0 Å². The number of hydrogen-bond acceptors (Lipinski definition) is 5. The van der Waals surface area contributed by atoms with E-state index in [0.717, 1.165) is 9.06 Å². The van der Waals surface area contributed by atoms with Crippen molar-refractivity contribution in [1.29, 1.82) is 0 Å². The molecule has 0 spiro atoms. The van der Waals surface area contributed by atoms with Gasteiger partial charge in [-0.25, -0.2) is 11.5 Å². The third-order valence-corrected chi connectivity index (χ3v) is 7.96. The van der Waals surface area contributed by atoms with Gasteiger partial charge in [-0.2, -0.15) is 2.52 Å². The van der Waals surface area contributed by atoms with Crippen LogP contribution in [0, 0.1) is 5.92 Å². The molecule has 0 aliphatic carbocycles. The van der Waals surface area contributed by atoms with Crippen LogP contribution in [0.4, 0.5) is 0 Å². The van der Waals surface area contributed by atoms with E-state index >= 15 is 0 Å². The van der Waals surface area contributed by atoms with Crippen LogP contribution in [0.2, 0.25) is 0 Å². The van der Waals surface area contributed by atoms with Crippen LogP contribution in [0.15, 0.2) is 0 Å². The molecule has 0 bridgehead atoms. The number of halogens is 2. The molecule has 0 atom stereocenters. The fraction of sp³-hybridized carbons (Fsp3) is 0.917. The molecule has 0 rings (SSSR count). The van der Waals surface area contributed by atoms with Gasteiger partial charge in [0.25, 0.3) is 0 Å². The van der Waals surface area contributed by atoms with Gasteiger partial charge in [0.1, 0.15) is 0 Å². The van der Waals surface area contributed by atoms with Crippen molar-refractivity contribution in [3.63, 3.8) is 0 Å². The summed E-state index contributed by atoms with van der Waals surface area (Å²) in [5, 5.41) is 0. The molecule has 0 aliphatic heterocycles. The van der Waals surface area contributed by atoms with Crippen molar-refractivity contribution in [2.24, 2.45) is 5.92 Å². The van der Waals surface area contributed by atoms with Gasteiger partial charge in [0, 0.05) is 48.0 Å². The SMILES string of the molecule is CC(C)C(=O)N(I)S(=O)(=O)CCCOCCN(I)C(C)C. The van der Waals surface area contributed by atoms with Crippen molar-refractivity contribution < 1.29 is 17.9 Å². The summed E-state index contributed by atoms with van der Waals surface area (Å²) in [4.78, 5) is 11.7. The number of carbonyl (C=O) groups is 1. The summed E-state index contributed by atoms with van der Waals surface area (Å²) in [6.45, 7) is 9.30. The maximum absolute atomic E-state index is 11.9. The number of rotatable bonds is 10. The van der Waals surface area contributed by atoms with Crippen LogP contribution in [0.5, 0.6) is 0 Å². The van der Waals surface area contributed by atoms with Crippen molar-refractivity contribution in [2.45, 2.75) is 40.2 Å². The third kappa shape index (κ3) is 8.86. The van der Waals surface area contributed by atoms with E-state index in [1.54, 1.807) is 36.7 Å². The Hall–Kier alpha value is 0.800. The molecule has 9 heteroatoms. The maximum Gasteiger partial charge on any atom is 0.247 e. The van der Waals surface area contributed by atoms with Crippen LogP contribution in [-0.2, 0) is 19.6 Å². The molecule has 21 heavy (non-hydrogen) atoms. The summed E-state index contributed by atoms with van der Waals surface area (Å²) < 4.78 is 32.2. The molecule has 0 saturated carbocycles. The van der Waals surface area contributed by atoms with Crippen LogP contribution < -0.4 is 0 Å². The molecule has 6 nitrogen and oxygen atoms in total. The lowest BCUT2D eigenvalue weighted by Gasteiger charge is -2.18. The number of nitrogens with zero attached hydrogens (tertiary/aromatic N) is 2. The fourth-order valence-electron chi connectivity index (χ4n) is 1.28. The van der Waals surface area contributed by atoms with E-state index in [9.17, 15) is 13.2 Å². The molecule has 0 saturated heterocycles. The first-order chi connectivity index (χ1) is 9.59. The highest BCUT2D eigenvalue weighted by atomic mass is 127. The normalized spacial score (nSPS) is 12.4. The second-order valence-electron chi connectivity index (χ2n) is 5.21. The van der Waals surface area contributed by atoms with Crippen molar-refractivity contribution in [1.82, 2.24) is 5.63 Å². The van der Waals surface area contributed by atoms with Gasteiger partial charge in [-0.1, -0.05) is 13.8 Å². The Morgan fingerprint density at radius 1 is 1.14 bits per heavy atom. The van der Waals surface area contributed by atoms with E-state index < -0.39 is 15.9 Å². The summed E-state index contributed by atoms with van der Waals surface area (Å²) in [5.74, 6) is -0.806. The van der Waals surface area contributed by atoms with Crippen molar-refractivity contribution in [2.75, 3.05) is 25.5 Å². The Labute approximate surface area is 156 Å². The van der Waals surface area contributed by atoms with Crippen LogP contribution >= 0.6 is 45.7 Å². The van der Waals surface area contributed by atoms with Crippen LogP contribution in [0.3, 0.4) is 0 Å². The standard InChI is InChI=1S/C12H24I2N2O4S/c1-10(2)12(17)16(14)21(18,19)9-5-7-20-8-6-15(13)11(3)4/h10-11H,5-9H2,1-4H3. The summed E-state index contributed by atoms with van der Waals surface area (Å²) in [5.41, 5.74) is 0. The van der Waals surface area contributed by atoms with E-state index in [4.69, 9.17) is 4.74 Å². The molecule has 0 unspecified atom stereocenters. The zero-order valence-corrected chi connectivity index (χ0v) is 18.0. The Balaban J connectivity index is 3.98. The lowest BCUT2D eigenvalue weighted by atomic mass is 10.2. The first kappa shape index (κ1) is 21.8. The summed E-state index contributed by atoms with van der Waals surface area (Å²) in [7, 11) is -3.54. The Bertz CT molecular complexity index is 415. The largest absolute Gasteiger partial charge is 0.380 e. The third-order valence-electron chi connectivity index (χ3n) is 2.61. The summed E-state index contributed by atoms with van der Waals surface area (Å²) in [6, 6.07) is 0.448. The van der Waals surface area contributed by atoms with Gasteiger partial charge < -0.3 is 4.74 Å². The maximum atomic E-state index is 11.9. The van der Waals surface area contributed by atoms with E-state index in [0.29, 0.717) is 25.7 Å². The zero-order valence-electron chi connectivity index (χ0n) is 12.9. The molecular weight excluding hydrogens is 522 g/mol. The van der Waals surface area contributed by atoms with Gasteiger partial charge in [0.15, 0.2) is 0 Å². The highest BCUT2D eigenvalue weighted by Gasteiger charge is 2.26. The number of sulfonamides is 1. The highest BCUT2D eigenvalue weighted by molar-refractivity contribution is 14.1. The summed E-state index contributed by atoms with van der Waals surface area (Å²) >= 11 is 3.80. The number of carbonyl (C=O) groups excluding carboxylic acids is 1. The van der Waals surface area contributed by atoms with Gasteiger partial charge in [0.05, 0.1) is 35.2 Å². The second-order valence-corrected chi connectivity index (χ2v) is 10.0. The van der Waals surface area contributed by atoms with Crippen molar-refractivity contribution in [3.05, 3.63) is 0 Å². The van der Waals surface area contributed by atoms with Crippen LogP contribution in [-0.4, -0.2) is 51.5 Å². The van der Waals surface area contributed by atoms with E-state index in [1.165, 1.54) is 0 Å². The molecular formula is C12H24I2N2O4S. The topological polar surface area (TPSA) is 66.9 Å². The van der Waals surface area contributed by atoms with Crippen LogP contribution in [0.1, 0.15) is 34.1 Å². The number of ether oxygens (including phenoxy) is 1. The molecule has 0 radical (unpaired) electrons. The molecule has 0 N–H and O–H groups in total. The number of amides is 1. The smallest absolute Gasteiger partial charge is 0.247 e. The minimum absolute atomic E-state index is 0.0769. The second kappa shape index (κ2) is 10.6. The fourth-order valence-corrected chi connectivity index (χ4v) is 3.75. The van der Waals surface area contributed by atoms with Crippen molar-refractivity contribution in [3.8, 4) is 0 Å². The van der Waals surface area contributed by atoms with Gasteiger partial charge in [-0.05, 0) is 20.3 Å². The molecule has 0 heterocycles. The van der Waals surface area contributed by atoms with E-state index in [1.807, 2.05) is 0 Å². The highest BCUT2D eigenvalue weighted by Crippen LogP contribution is 2.15. The Kier molecular flexibility index (Phi) is 11.0. The quantitative estimate of drug-likeness (QED) is 0.240. The summed E-state index contributed by atoms with van der Waals surface area (Å²) in [6.07, 6.45) is 0.385. The van der Waals surface area contributed by atoms with E-state index in [2.05, 4.69) is 39.8 Å². The molecule has 0 fully saturated rings. The lowest BCUT2D eigenvalue weighted by Crippen LogP contribution is -2.33. The molecule has 1 amide bonds.